The molecule has 0 aliphatic carbocycles. The van der Waals surface area contributed by atoms with Gasteiger partial charge >= 0.3 is 0 Å². The van der Waals surface area contributed by atoms with E-state index in [4.69, 9.17) is 11.6 Å². The summed E-state index contributed by atoms with van der Waals surface area (Å²) in [7, 11) is 0. The zero-order valence-electron chi connectivity index (χ0n) is 11.1. The minimum absolute atomic E-state index is 0.203. The summed E-state index contributed by atoms with van der Waals surface area (Å²) >= 11 is 0. The van der Waals surface area contributed by atoms with Crippen molar-refractivity contribution in [3.63, 3.8) is 0 Å². The van der Waals surface area contributed by atoms with Crippen molar-refractivity contribution in [2.45, 2.75) is 20.3 Å². The molecule has 7 nitrogen and oxygen atoms in total. The average molecular weight is 253 g/mol. The molecule has 18 heavy (non-hydrogen) atoms. The van der Waals surface area contributed by atoms with Crippen molar-refractivity contribution in [1.82, 2.24) is 14.9 Å². The molecule has 1 aromatic rings. The van der Waals surface area contributed by atoms with Crippen LogP contribution in [-0.2, 0) is 0 Å². The van der Waals surface area contributed by atoms with Crippen LogP contribution >= 0.6 is 0 Å². The molecule has 0 aliphatic heterocycles. The van der Waals surface area contributed by atoms with Crippen LogP contribution in [0.4, 0.5) is 17.6 Å². The van der Waals surface area contributed by atoms with E-state index in [1.807, 2.05) is 0 Å². The van der Waals surface area contributed by atoms with Gasteiger partial charge in [0.25, 0.3) is 0 Å². The highest BCUT2D eigenvalue weighted by molar-refractivity contribution is 5.50. The number of likely N-dealkylation sites (N-methyl/N-ethyl adjacent to an activating group) is 1. The van der Waals surface area contributed by atoms with Crippen LogP contribution in [0.1, 0.15) is 20.3 Å². The van der Waals surface area contributed by atoms with E-state index in [0.29, 0.717) is 11.6 Å². The number of rotatable bonds is 8. The molecule has 0 bridgehead atoms. The summed E-state index contributed by atoms with van der Waals surface area (Å²) in [4.78, 5) is 10.4. The zero-order valence-corrected chi connectivity index (χ0v) is 11.1. The van der Waals surface area contributed by atoms with Crippen molar-refractivity contribution in [1.29, 1.82) is 0 Å². The van der Waals surface area contributed by atoms with Crippen molar-refractivity contribution in [3.8, 4) is 0 Å². The van der Waals surface area contributed by atoms with E-state index in [-0.39, 0.29) is 5.95 Å². The number of nitrogens with zero attached hydrogens (tertiary/aromatic N) is 3. The molecule has 0 radical (unpaired) electrons. The average Bonchev–Trinajstić information content (AvgIpc) is 2.37. The van der Waals surface area contributed by atoms with Gasteiger partial charge in [-0.25, -0.2) is 5.84 Å². The van der Waals surface area contributed by atoms with Gasteiger partial charge in [0.1, 0.15) is 11.6 Å². The number of nitrogen functional groups attached to an aromatic ring is 2. The number of anilines is 3. The summed E-state index contributed by atoms with van der Waals surface area (Å²) in [5.41, 5.74) is 8.03. The van der Waals surface area contributed by atoms with Gasteiger partial charge in [0.2, 0.25) is 5.95 Å². The summed E-state index contributed by atoms with van der Waals surface area (Å²) in [5, 5.41) is 3.22. The first-order chi connectivity index (χ1) is 8.69. The molecular weight excluding hydrogens is 230 g/mol. The standard InChI is InChI=1S/C11H23N7/c1-3-6-18(4-2)7-5-14-9-8-10(17-13)16-11(12)15-9/h8H,3-7,13H2,1-2H3,(H4,12,14,15,16,17). The first kappa shape index (κ1) is 14.5. The molecule has 0 amide bonds. The van der Waals surface area contributed by atoms with Crippen LogP contribution in [0, 0.1) is 0 Å². The molecule has 0 fully saturated rings. The van der Waals surface area contributed by atoms with Gasteiger partial charge in [0, 0.05) is 19.2 Å². The molecule has 0 aliphatic rings. The number of nitrogens with one attached hydrogen (secondary N) is 2. The summed E-state index contributed by atoms with van der Waals surface area (Å²) in [6, 6.07) is 1.73. The van der Waals surface area contributed by atoms with Crippen molar-refractivity contribution >= 4 is 17.6 Å². The number of hydrazine groups is 1. The molecule has 7 heteroatoms. The Labute approximate surface area is 108 Å². The van der Waals surface area contributed by atoms with Crippen LogP contribution in [0.15, 0.2) is 6.07 Å². The van der Waals surface area contributed by atoms with Crippen molar-refractivity contribution in [3.05, 3.63) is 6.07 Å². The first-order valence-corrected chi connectivity index (χ1v) is 6.27. The van der Waals surface area contributed by atoms with Crippen LogP contribution < -0.4 is 22.3 Å². The Bertz CT molecular complexity index is 355. The minimum atomic E-state index is 0.203. The Balaban J connectivity index is 2.45. The third-order valence-electron chi connectivity index (χ3n) is 2.61. The van der Waals surface area contributed by atoms with Gasteiger partial charge in [0.15, 0.2) is 0 Å². The molecule has 102 valence electrons. The maximum Gasteiger partial charge on any atom is 0.223 e. The van der Waals surface area contributed by atoms with Gasteiger partial charge in [-0.1, -0.05) is 13.8 Å². The highest BCUT2D eigenvalue weighted by Crippen LogP contribution is 2.10. The Kier molecular flexibility index (Phi) is 6.16. The summed E-state index contributed by atoms with van der Waals surface area (Å²) in [6.45, 7) is 8.29. The maximum absolute atomic E-state index is 5.57. The highest BCUT2D eigenvalue weighted by atomic mass is 15.3. The van der Waals surface area contributed by atoms with Gasteiger partial charge in [-0.2, -0.15) is 9.97 Å². The summed E-state index contributed by atoms with van der Waals surface area (Å²) in [6.07, 6.45) is 1.16. The van der Waals surface area contributed by atoms with E-state index < -0.39 is 0 Å². The lowest BCUT2D eigenvalue weighted by Crippen LogP contribution is -2.29. The van der Waals surface area contributed by atoms with E-state index in [1.54, 1.807) is 6.07 Å². The lowest BCUT2D eigenvalue weighted by atomic mass is 10.4. The SMILES string of the molecule is CCCN(CC)CCNc1cc(NN)nc(N)n1. The number of nitrogens with two attached hydrogens (primary N) is 2. The monoisotopic (exact) mass is 253 g/mol. The van der Waals surface area contributed by atoms with Crippen LogP contribution in [0.3, 0.4) is 0 Å². The lowest BCUT2D eigenvalue weighted by Gasteiger charge is -2.19. The van der Waals surface area contributed by atoms with E-state index in [2.05, 4.69) is 39.5 Å². The molecule has 1 heterocycles. The predicted molar refractivity (Wildman–Crippen MR) is 75.1 cm³/mol. The second-order valence-electron chi connectivity index (χ2n) is 4.00. The lowest BCUT2D eigenvalue weighted by molar-refractivity contribution is 0.300. The van der Waals surface area contributed by atoms with Gasteiger partial charge in [-0.15, -0.1) is 0 Å². The summed E-state index contributed by atoms with van der Waals surface area (Å²) < 4.78 is 0. The Hall–Kier alpha value is -1.60. The van der Waals surface area contributed by atoms with Crippen LogP contribution in [0.5, 0.6) is 0 Å². The van der Waals surface area contributed by atoms with Crippen molar-refractivity contribution < 1.29 is 0 Å². The Morgan fingerprint density at radius 2 is 1.94 bits per heavy atom. The zero-order chi connectivity index (χ0) is 13.4. The fraction of sp³-hybridized carbons (Fsp3) is 0.636. The second-order valence-corrected chi connectivity index (χ2v) is 4.00. The van der Waals surface area contributed by atoms with Crippen LogP contribution in [-0.4, -0.2) is 41.0 Å². The Morgan fingerprint density at radius 1 is 1.22 bits per heavy atom. The van der Waals surface area contributed by atoms with Crippen molar-refractivity contribution in [2.24, 2.45) is 5.84 Å². The second kappa shape index (κ2) is 7.67. The third-order valence-corrected chi connectivity index (χ3v) is 2.61. The summed E-state index contributed by atoms with van der Waals surface area (Å²) in [5.74, 6) is 6.69. The molecule has 6 N–H and O–H groups in total. The van der Waals surface area contributed by atoms with E-state index >= 15 is 0 Å². The Morgan fingerprint density at radius 3 is 2.56 bits per heavy atom. The van der Waals surface area contributed by atoms with Crippen LogP contribution in [0.25, 0.3) is 0 Å². The topological polar surface area (TPSA) is 105 Å². The van der Waals surface area contributed by atoms with E-state index in [0.717, 1.165) is 32.6 Å². The number of aromatic nitrogens is 2. The normalized spacial score (nSPS) is 10.7. The first-order valence-electron chi connectivity index (χ1n) is 6.27. The van der Waals surface area contributed by atoms with E-state index in [1.165, 1.54) is 0 Å². The molecular formula is C11H23N7. The largest absolute Gasteiger partial charge is 0.369 e. The minimum Gasteiger partial charge on any atom is -0.369 e. The van der Waals surface area contributed by atoms with Crippen molar-refractivity contribution in [2.75, 3.05) is 42.7 Å². The fourth-order valence-corrected chi connectivity index (χ4v) is 1.72. The highest BCUT2D eigenvalue weighted by Gasteiger charge is 2.03. The fourth-order valence-electron chi connectivity index (χ4n) is 1.72. The maximum atomic E-state index is 5.57. The molecule has 1 aromatic heterocycles. The molecule has 0 saturated heterocycles. The van der Waals surface area contributed by atoms with E-state index in [9.17, 15) is 0 Å². The number of hydrogen-bond acceptors (Lipinski definition) is 7. The molecule has 0 spiro atoms. The molecule has 0 saturated carbocycles. The molecule has 1 rings (SSSR count). The molecule has 0 atom stereocenters. The molecule has 0 unspecified atom stereocenters. The predicted octanol–water partition coefficient (Wildman–Crippen LogP) is 0.488. The van der Waals surface area contributed by atoms with Gasteiger partial charge in [-0.05, 0) is 19.5 Å². The quantitative estimate of drug-likeness (QED) is 0.394. The van der Waals surface area contributed by atoms with Crippen LogP contribution in [0.2, 0.25) is 0 Å². The third kappa shape index (κ3) is 4.72. The van der Waals surface area contributed by atoms with Gasteiger partial charge in [0.05, 0.1) is 0 Å². The molecule has 0 aromatic carbocycles. The number of hydrogen-bond donors (Lipinski definition) is 4. The smallest absolute Gasteiger partial charge is 0.223 e. The van der Waals surface area contributed by atoms with Gasteiger partial charge in [-0.3, -0.25) is 0 Å². The van der Waals surface area contributed by atoms with Gasteiger partial charge < -0.3 is 21.4 Å².